The molecule has 3 unspecified atom stereocenters. The SMILES string of the molecule is FC1CNCCC1N1CCCC2(C1)CC2(F)F. The van der Waals surface area contributed by atoms with E-state index in [-0.39, 0.29) is 12.5 Å². The Bertz CT molecular complexity index is 310. The normalized spacial score (nSPS) is 46.1. The molecule has 3 aliphatic rings. The third kappa shape index (κ3) is 1.87. The van der Waals surface area contributed by atoms with E-state index in [2.05, 4.69) is 5.32 Å². The molecule has 17 heavy (non-hydrogen) atoms. The Morgan fingerprint density at radius 3 is 2.71 bits per heavy atom. The first kappa shape index (κ1) is 11.8. The quantitative estimate of drug-likeness (QED) is 0.761. The summed E-state index contributed by atoms with van der Waals surface area (Å²) in [5.41, 5.74) is -0.810. The summed E-state index contributed by atoms with van der Waals surface area (Å²) in [6.45, 7) is 2.34. The molecule has 2 saturated heterocycles. The molecule has 0 radical (unpaired) electrons. The van der Waals surface area contributed by atoms with Gasteiger partial charge in [0.1, 0.15) is 6.17 Å². The van der Waals surface area contributed by atoms with Gasteiger partial charge in [0.25, 0.3) is 5.92 Å². The third-order valence-electron chi connectivity index (χ3n) is 4.66. The van der Waals surface area contributed by atoms with Crippen molar-refractivity contribution in [3.63, 3.8) is 0 Å². The van der Waals surface area contributed by atoms with Gasteiger partial charge in [0.15, 0.2) is 0 Å². The van der Waals surface area contributed by atoms with Gasteiger partial charge in [-0.2, -0.15) is 0 Å². The average molecular weight is 248 g/mol. The zero-order valence-corrected chi connectivity index (χ0v) is 9.89. The van der Waals surface area contributed by atoms with Crippen LogP contribution >= 0.6 is 0 Å². The minimum atomic E-state index is -2.50. The molecule has 3 atom stereocenters. The standard InChI is InChI=1S/C12H19F3N2/c13-9-6-16-4-2-10(9)17-5-1-3-11(8-17)7-12(11,14)15/h9-10,16H,1-8H2. The number of hydrogen-bond acceptors (Lipinski definition) is 2. The van der Waals surface area contributed by atoms with Crippen LogP contribution in [-0.4, -0.2) is 49.2 Å². The highest BCUT2D eigenvalue weighted by molar-refractivity contribution is 5.13. The molecule has 1 N–H and O–H groups in total. The Morgan fingerprint density at radius 2 is 2.06 bits per heavy atom. The van der Waals surface area contributed by atoms with Gasteiger partial charge in [-0.15, -0.1) is 0 Å². The molecular formula is C12H19F3N2. The number of piperidine rings is 2. The fourth-order valence-electron chi connectivity index (χ4n) is 3.49. The Kier molecular flexibility index (Phi) is 2.67. The van der Waals surface area contributed by atoms with E-state index in [0.717, 1.165) is 25.9 Å². The topological polar surface area (TPSA) is 15.3 Å². The predicted molar refractivity (Wildman–Crippen MR) is 59.0 cm³/mol. The number of nitrogens with one attached hydrogen (secondary N) is 1. The lowest BCUT2D eigenvalue weighted by atomic mass is 9.91. The van der Waals surface area contributed by atoms with E-state index in [4.69, 9.17) is 0 Å². The maximum absolute atomic E-state index is 13.8. The molecule has 2 heterocycles. The maximum Gasteiger partial charge on any atom is 0.255 e. The second-order valence-corrected chi connectivity index (χ2v) is 5.81. The lowest BCUT2D eigenvalue weighted by molar-refractivity contribution is -0.00764. The summed E-state index contributed by atoms with van der Waals surface area (Å²) in [6.07, 6.45) is 1.23. The van der Waals surface area contributed by atoms with Crippen LogP contribution in [0.15, 0.2) is 0 Å². The molecule has 1 spiro atoms. The number of likely N-dealkylation sites (tertiary alicyclic amines) is 1. The van der Waals surface area contributed by atoms with E-state index < -0.39 is 17.5 Å². The minimum absolute atomic E-state index is 0.0123. The molecule has 0 amide bonds. The van der Waals surface area contributed by atoms with Crippen molar-refractivity contribution in [2.24, 2.45) is 5.41 Å². The van der Waals surface area contributed by atoms with Gasteiger partial charge < -0.3 is 5.32 Å². The summed E-state index contributed by atoms with van der Waals surface area (Å²) in [6, 6.07) is -0.148. The molecule has 1 aliphatic carbocycles. The molecule has 2 nitrogen and oxygen atoms in total. The van der Waals surface area contributed by atoms with Crippen molar-refractivity contribution in [3.05, 3.63) is 0 Å². The van der Waals surface area contributed by atoms with Crippen molar-refractivity contribution in [3.8, 4) is 0 Å². The van der Waals surface area contributed by atoms with Crippen molar-refractivity contribution < 1.29 is 13.2 Å². The molecular weight excluding hydrogens is 229 g/mol. The van der Waals surface area contributed by atoms with Crippen LogP contribution in [0.3, 0.4) is 0 Å². The van der Waals surface area contributed by atoms with Crippen molar-refractivity contribution >= 4 is 0 Å². The molecule has 3 rings (SSSR count). The molecule has 3 fully saturated rings. The van der Waals surface area contributed by atoms with E-state index in [1.165, 1.54) is 0 Å². The average Bonchev–Trinajstić information content (AvgIpc) is 2.79. The second kappa shape index (κ2) is 3.85. The number of hydrogen-bond donors (Lipinski definition) is 1. The van der Waals surface area contributed by atoms with E-state index in [0.29, 0.717) is 19.5 Å². The van der Waals surface area contributed by atoms with E-state index >= 15 is 0 Å². The summed E-state index contributed by atoms with van der Waals surface area (Å²) >= 11 is 0. The largest absolute Gasteiger partial charge is 0.314 e. The highest BCUT2D eigenvalue weighted by Crippen LogP contribution is 2.64. The molecule has 0 aromatic carbocycles. The van der Waals surface area contributed by atoms with Gasteiger partial charge in [-0.05, 0) is 32.4 Å². The lowest BCUT2D eigenvalue weighted by Gasteiger charge is -2.41. The number of halogens is 3. The lowest BCUT2D eigenvalue weighted by Crippen LogP contribution is -2.54. The predicted octanol–water partition coefficient (Wildman–Crippen LogP) is 1.81. The van der Waals surface area contributed by atoms with E-state index in [1.807, 2.05) is 4.90 Å². The van der Waals surface area contributed by atoms with E-state index in [1.54, 1.807) is 0 Å². The highest BCUT2D eigenvalue weighted by atomic mass is 19.3. The summed E-state index contributed by atoms with van der Waals surface area (Å²) in [5.74, 6) is -2.50. The fourth-order valence-corrected chi connectivity index (χ4v) is 3.49. The summed E-state index contributed by atoms with van der Waals surface area (Å²) in [4.78, 5) is 1.98. The summed E-state index contributed by atoms with van der Waals surface area (Å²) < 4.78 is 40.6. The van der Waals surface area contributed by atoms with Gasteiger partial charge in [-0.1, -0.05) is 0 Å². The minimum Gasteiger partial charge on any atom is -0.314 e. The first-order valence-corrected chi connectivity index (χ1v) is 6.51. The van der Waals surface area contributed by atoms with Gasteiger partial charge in [0.05, 0.1) is 5.41 Å². The van der Waals surface area contributed by atoms with Crippen LogP contribution < -0.4 is 5.32 Å². The van der Waals surface area contributed by atoms with Crippen molar-refractivity contribution in [2.45, 2.75) is 43.8 Å². The number of rotatable bonds is 1. The Labute approximate surface area is 99.5 Å². The van der Waals surface area contributed by atoms with Gasteiger partial charge in [-0.25, -0.2) is 13.2 Å². The molecule has 0 bridgehead atoms. The van der Waals surface area contributed by atoms with Crippen LogP contribution in [-0.2, 0) is 0 Å². The van der Waals surface area contributed by atoms with Crippen LogP contribution in [0.25, 0.3) is 0 Å². The van der Waals surface area contributed by atoms with Crippen LogP contribution in [0.4, 0.5) is 13.2 Å². The van der Waals surface area contributed by atoms with Gasteiger partial charge in [0, 0.05) is 25.6 Å². The first-order chi connectivity index (χ1) is 8.04. The zero-order chi connectivity index (χ0) is 12.1. The van der Waals surface area contributed by atoms with Crippen molar-refractivity contribution in [2.75, 3.05) is 26.2 Å². The zero-order valence-electron chi connectivity index (χ0n) is 9.89. The molecule has 98 valence electrons. The number of nitrogens with zero attached hydrogens (tertiary/aromatic N) is 1. The Morgan fingerprint density at radius 1 is 1.29 bits per heavy atom. The first-order valence-electron chi connectivity index (χ1n) is 6.51. The molecule has 0 aromatic heterocycles. The second-order valence-electron chi connectivity index (χ2n) is 5.81. The summed E-state index contributed by atoms with van der Waals surface area (Å²) in [7, 11) is 0. The molecule has 0 aromatic rings. The van der Waals surface area contributed by atoms with Crippen LogP contribution in [0.5, 0.6) is 0 Å². The van der Waals surface area contributed by atoms with Crippen LogP contribution in [0.1, 0.15) is 25.7 Å². The van der Waals surface area contributed by atoms with Crippen LogP contribution in [0.2, 0.25) is 0 Å². The molecule has 1 saturated carbocycles. The highest BCUT2D eigenvalue weighted by Gasteiger charge is 2.71. The number of alkyl halides is 3. The molecule has 5 heteroatoms. The van der Waals surface area contributed by atoms with Gasteiger partial charge >= 0.3 is 0 Å². The van der Waals surface area contributed by atoms with Crippen LogP contribution in [0, 0.1) is 5.41 Å². The van der Waals surface area contributed by atoms with E-state index in [9.17, 15) is 13.2 Å². The van der Waals surface area contributed by atoms with Crippen molar-refractivity contribution in [1.82, 2.24) is 10.2 Å². The van der Waals surface area contributed by atoms with Crippen molar-refractivity contribution in [1.29, 1.82) is 0 Å². The van der Waals surface area contributed by atoms with Gasteiger partial charge in [0.2, 0.25) is 0 Å². The monoisotopic (exact) mass is 248 g/mol. The van der Waals surface area contributed by atoms with Gasteiger partial charge in [-0.3, -0.25) is 4.90 Å². The fraction of sp³-hybridized carbons (Fsp3) is 1.00. The Balaban J connectivity index is 1.68. The Hall–Kier alpha value is -0.290. The summed E-state index contributed by atoms with van der Waals surface area (Å²) in [5, 5.41) is 3.01. The smallest absolute Gasteiger partial charge is 0.255 e. The third-order valence-corrected chi connectivity index (χ3v) is 4.66. The molecule has 2 aliphatic heterocycles. The maximum atomic E-state index is 13.8.